The molecule has 1 N–H and O–H groups in total. The number of thiophene rings is 1. The number of fused-ring (bicyclic) bond motifs is 1. The van der Waals surface area contributed by atoms with Gasteiger partial charge in [-0.3, -0.25) is 15.0 Å². The van der Waals surface area contributed by atoms with E-state index in [1.54, 1.807) is 16.2 Å². The number of nitrogens with zero attached hydrogens (tertiary/aromatic N) is 1. The van der Waals surface area contributed by atoms with Gasteiger partial charge in [0.05, 0.1) is 6.04 Å². The number of rotatable bonds is 2. The van der Waals surface area contributed by atoms with Crippen LogP contribution in [0.15, 0.2) is 72.4 Å². The highest BCUT2D eigenvalue weighted by atomic mass is 35.5. The molecule has 1 aliphatic heterocycles. The molecule has 0 radical (unpaired) electrons. The molecule has 2 aliphatic rings. The van der Waals surface area contributed by atoms with Gasteiger partial charge in [0.25, 0.3) is 5.91 Å². The van der Waals surface area contributed by atoms with Crippen molar-refractivity contribution in [3.05, 3.63) is 87.1 Å². The van der Waals surface area contributed by atoms with E-state index in [0.717, 1.165) is 16.1 Å². The number of hydrogen-bond acceptors (Lipinski definition) is 3. The topological polar surface area (TPSA) is 32.3 Å². The minimum Gasteiger partial charge on any atom is -0.287 e. The standard InChI is InChI=1S/C20H17ClN2OS/c1-13-10-11-18(25-13)19-22-17-9-4-2-3-8-16(17)20(24)23(19)15-7-5-6-14(21)12-15/h2-12,17,19,22H,1H3. The molecule has 2 unspecified atom stereocenters. The van der Waals surface area contributed by atoms with Crippen LogP contribution < -0.4 is 10.2 Å². The van der Waals surface area contributed by atoms with E-state index in [0.29, 0.717) is 5.02 Å². The first-order valence-corrected chi connectivity index (χ1v) is 9.29. The van der Waals surface area contributed by atoms with Crippen molar-refractivity contribution in [1.82, 2.24) is 5.32 Å². The summed E-state index contributed by atoms with van der Waals surface area (Å²) >= 11 is 7.88. The molecule has 1 aromatic carbocycles. The van der Waals surface area contributed by atoms with E-state index in [1.807, 2.05) is 54.6 Å². The van der Waals surface area contributed by atoms with Gasteiger partial charge in [0.15, 0.2) is 0 Å². The summed E-state index contributed by atoms with van der Waals surface area (Å²) in [6.07, 6.45) is 9.49. The lowest BCUT2D eigenvalue weighted by Gasteiger charge is -2.40. The first kappa shape index (κ1) is 16.3. The fraction of sp³-hybridized carbons (Fsp3) is 0.150. The predicted octanol–water partition coefficient (Wildman–Crippen LogP) is 4.77. The summed E-state index contributed by atoms with van der Waals surface area (Å²) in [7, 11) is 0. The molecule has 2 atom stereocenters. The number of benzene rings is 1. The van der Waals surface area contributed by atoms with Crippen LogP contribution in [0.2, 0.25) is 5.02 Å². The van der Waals surface area contributed by atoms with Crippen molar-refractivity contribution in [3.63, 3.8) is 0 Å². The van der Waals surface area contributed by atoms with Crippen molar-refractivity contribution in [2.75, 3.05) is 4.90 Å². The molecule has 2 aromatic rings. The lowest BCUT2D eigenvalue weighted by atomic mass is 10.00. The van der Waals surface area contributed by atoms with Crippen LogP contribution in [0.5, 0.6) is 0 Å². The maximum Gasteiger partial charge on any atom is 0.257 e. The molecule has 1 amide bonds. The van der Waals surface area contributed by atoms with Crippen molar-refractivity contribution in [2.45, 2.75) is 19.1 Å². The second-order valence-corrected chi connectivity index (χ2v) is 7.80. The Balaban J connectivity index is 1.83. The molecule has 0 bridgehead atoms. The molecule has 25 heavy (non-hydrogen) atoms. The Labute approximate surface area is 155 Å². The number of aryl methyl sites for hydroxylation is 1. The summed E-state index contributed by atoms with van der Waals surface area (Å²) in [4.78, 5) is 17.4. The van der Waals surface area contributed by atoms with E-state index < -0.39 is 0 Å². The summed E-state index contributed by atoms with van der Waals surface area (Å²) in [5.41, 5.74) is 1.52. The first-order valence-electron chi connectivity index (χ1n) is 8.10. The molecule has 3 nitrogen and oxygen atoms in total. The van der Waals surface area contributed by atoms with Crippen LogP contribution in [-0.2, 0) is 4.79 Å². The third kappa shape index (κ3) is 3.09. The number of amides is 1. The van der Waals surface area contributed by atoms with Crippen molar-refractivity contribution >= 4 is 34.5 Å². The van der Waals surface area contributed by atoms with Crippen LogP contribution in [0.1, 0.15) is 15.9 Å². The van der Waals surface area contributed by atoms with Crippen LogP contribution in [0.25, 0.3) is 0 Å². The van der Waals surface area contributed by atoms with Gasteiger partial charge < -0.3 is 0 Å². The Morgan fingerprint density at radius 1 is 1.16 bits per heavy atom. The number of nitrogens with one attached hydrogen (secondary N) is 1. The summed E-state index contributed by atoms with van der Waals surface area (Å²) in [5, 5.41) is 4.21. The van der Waals surface area contributed by atoms with Gasteiger partial charge in [-0.05, 0) is 37.3 Å². The van der Waals surface area contributed by atoms with Gasteiger partial charge in [0.1, 0.15) is 6.17 Å². The van der Waals surface area contributed by atoms with Crippen molar-refractivity contribution in [2.24, 2.45) is 0 Å². The molecular formula is C20H17ClN2OS. The molecule has 0 spiro atoms. The number of allylic oxidation sites excluding steroid dienone is 4. The summed E-state index contributed by atoms with van der Waals surface area (Å²) in [6, 6.07) is 11.5. The minimum absolute atomic E-state index is 0.00160. The smallest absolute Gasteiger partial charge is 0.257 e. The predicted molar refractivity (Wildman–Crippen MR) is 104 cm³/mol. The molecule has 5 heteroatoms. The van der Waals surface area contributed by atoms with Gasteiger partial charge >= 0.3 is 0 Å². The summed E-state index contributed by atoms with van der Waals surface area (Å²) in [5.74, 6) is -0.00160. The molecule has 0 saturated carbocycles. The number of hydrogen-bond donors (Lipinski definition) is 1. The molecular weight excluding hydrogens is 352 g/mol. The number of carbonyl (C=O) groups is 1. The van der Waals surface area contributed by atoms with E-state index in [-0.39, 0.29) is 18.1 Å². The van der Waals surface area contributed by atoms with Gasteiger partial charge in [-0.2, -0.15) is 0 Å². The van der Waals surface area contributed by atoms with Crippen molar-refractivity contribution < 1.29 is 4.79 Å². The Morgan fingerprint density at radius 2 is 2.04 bits per heavy atom. The Morgan fingerprint density at radius 3 is 2.80 bits per heavy atom. The number of anilines is 1. The first-order chi connectivity index (χ1) is 12.1. The Bertz CT molecular complexity index is 912. The molecule has 2 heterocycles. The third-order valence-corrected chi connectivity index (χ3v) is 5.60. The van der Waals surface area contributed by atoms with E-state index in [1.165, 1.54) is 4.88 Å². The van der Waals surface area contributed by atoms with Crippen LogP contribution in [0.4, 0.5) is 5.69 Å². The zero-order valence-corrected chi connectivity index (χ0v) is 15.2. The molecule has 4 rings (SSSR count). The van der Waals surface area contributed by atoms with Gasteiger partial charge in [0.2, 0.25) is 0 Å². The lowest BCUT2D eigenvalue weighted by molar-refractivity contribution is -0.116. The zero-order chi connectivity index (χ0) is 17.4. The lowest BCUT2D eigenvalue weighted by Crippen LogP contribution is -2.54. The highest BCUT2D eigenvalue weighted by Gasteiger charge is 2.38. The molecule has 1 fully saturated rings. The van der Waals surface area contributed by atoms with Crippen LogP contribution >= 0.6 is 22.9 Å². The Hall–Kier alpha value is -2.14. The third-order valence-electron chi connectivity index (χ3n) is 4.32. The fourth-order valence-corrected chi connectivity index (χ4v) is 4.27. The monoisotopic (exact) mass is 368 g/mol. The normalized spacial score (nSPS) is 22.6. The molecule has 1 aliphatic carbocycles. The van der Waals surface area contributed by atoms with Gasteiger partial charge in [-0.15, -0.1) is 11.3 Å². The highest BCUT2D eigenvalue weighted by Crippen LogP contribution is 2.36. The quantitative estimate of drug-likeness (QED) is 0.828. The van der Waals surface area contributed by atoms with E-state index in [4.69, 9.17) is 11.6 Å². The number of carbonyl (C=O) groups excluding carboxylic acids is 1. The second kappa shape index (κ2) is 6.64. The maximum absolute atomic E-state index is 13.3. The van der Waals surface area contributed by atoms with E-state index in [9.17, 15) is 4.79 Å². The molecule has 1 aromatic heterocycles. The highest BCUT2D eigenvalue weighted by molar-refractivity contribution is 7.12. The van der Waals surface area contributed by atoms with Crippen molar-refractivity contribution in [1.29, 1.82) is 0 Å². The largest absolute Gasteiger partial charge is 0.287 e. The van der Waals surface area contributed by atoms with Gasteiger partial charge in [-0.1, -0.05) is 48.0 Å². The average Bonchev–Trinajstić information content (AvgIpc) is 2.88. The molecule has 126 valence electrons. The van der Waals surface area contributed by atoms with Crippen LogP contribution in [0, 0.1) is 6.92 Å². The van der Waals surface area contributed by atoms with Crippen molar-refractivity contribution in [3.8, 4) is 0 Å². The fourth-order valence-electron chi connectivity index (χ4n) is 3.16. The minimum atomic E-state index is -0.227. The summed E-state index contributed by atoms with van der Waals surface area (Å²) < 4.78 is 0. The Kier molecular flexibility index (Phi) is 4.34. The van der Waals surface area contributed by atoms with Gasteiger partial charge in [-0.25, -0.2) is 0 Å². The zero-order valence-electron chi connectivity index (χ0n) is 13.6. The molecule has 1 saturated heterocycles. The van der Waals surface area contributed by atoms with Gasteiger partial charge in [0, 0.05) is 26.0 Å². The SMILES string of the molecule is Cc1ccc(C2NC3C=CC=CC=C3C(=O)N2c2cccc(Cl)c2)s1. The van der Waals surface area contributed by atoms with Crippen LogP contribution in [-0.4, -0.2) is 11.9 Å². The van der Waals surface area contributed by atoms with E-state index in [2.05, 4.69) is 24.4 Å². The average molecular weight is 369 g/mol. The van der Waals surface area contributed by atoms with E-state index >= 15 is 0 Å². The second-order valence-electron chi connectivity index (χ2n) is 6.04. The maximum atomic E-state index is 13.3. The van der Waals surface area contributed by atoms with Crippen LogP contribution in [0.3, 0.4) is 0 Å². The number of halogens is 1. The summed E-state index contributed by atoms with van der Waals surface area (Å²) in [6.45, 7) is 2.07.